The molecule has 0 bridgehead atoms. The van der Waals surface area contributed by atoms with Crippen molar-refractivity contribution >= 4 is 5.97 Å². The largest absolute Gasteiger partial charge is 0.466 e. The van der Waals surface area contributed by atoms with Crippen molar-refractivity contribution in [2.24, 2.45) is 17.8 Å². The SMILES string of the molecule is CCCCCC(CCCCC)CCOCCCCCCCCCC(CCCCCCCCC(=O)OCCC(CCCCC)CCCCC)CN1CCN(C)CC1. The molecule has 0 saturated carbocycles. The van der Waals surface area contributed by atoms with Crippen LogP contribution >= 0.6 is 0 Å². The van der Waals surface area contributed by atoms with Crippen LogP contribution < -0.4 is 0 Å². The van der Waals surface area contributed by atoms with Gasteiger partial charge in [0.25, 0.3) is 0 Å². The zero-order valence-electron chi connectivity index (χ0n) is 39.0. The van der Waals surface area contributed by atoms with E-state index in [1.807, 2.05) is 0 Å². The molecule has 1 aliphatic heterocycles. The maximum absolute atomic E-state index is 12.4. The second-order valence-corrected chi connectivity index (χ2v) is 18.5. The minimum Gasteiger partial charge on any atom is -0.466 e. The third-order valence-corrected chi connectivity index (χ3v) is 13.1. The Labute approximate surface area is 352 Å². The Morgan fingerprint density at radius 2 is 0.821 bits per heavy atom. The van der Waals surface area contributed by atoms with Crippen molar-refractivity contribution in [1.29, 1.82) is 0 Å². The van der Waals surface area contributed by atoms with Gasteiger partial charge in [-0.2, -0.15) is 0 Å². The number of likely N-dealkylation sites (N-methyl/N-ethyl adjacent to an activating group) is 1. The van der Waals surface area contributed by atoms with Crippen LogP contribution in [0.25, 0.3) is 0 Å². The number of piperazine rings is 1. The van der Waals surface area contributed by atoms with Crippen molar-refractivity contribution < 1.29 is 14.3 Å². The molecule has 0 N–H and O–H groups in total. The molecule has 334 valence electrons. The summed E-state index contributed by atoms with van der Waals surface area (Å²) in [7, 11) is 2.27. The van der Waals surface area contributed by atoms with E-state index in [4.69, 9.17) is 9.47 Å². The molecule has 1 rings (SSSR count). The van der Waals surface area contributed by atoms with Gasteiger partial charge in [-0.05, 0) is 63.3 Å². The van der Waals surface area contributed by atoms with E-state index in [0.717, 1.165) is 43.8 Å². The van der Waals surface area contributed by atoms with Crippen LogP contribution in [-0.2, 0) is 14.3 Å². The Morgan fingerprint density at radius 1 is 0.429 bits per heavy atom. The summed E-state index contributed by atoms with van der Waals surface area (Å²) in [6, 6.07) is 0. The lowest BCUT2D eigenvalue weighted by molar-refractivity contribution is -0.144. The van der Waals surface area contributed by atoms with E-state index < -0.39 is 0 Å². The highest BCUT2D eigenvalue weighted by Crippen LogP contribution is 2.24. The fourth-order valence-electron chi connectivity index (χ4n) is 9.01. The molecule has 0 aromatic carbocycles. The van der Waals surface area contributed by atoms with E-state index in [1.54, 1.807) is 0 Å². The molecule has 0 spiro atoms. The zero-order chi connectivity index (χ0) is 40.6. The normalized spacial score (nSPS) is 14.7. The average molecular weight is 791 g/mol. The van der Waals surface area contributed by atoms with Crippen molar-refractivity contribution in [2.45, 2.75) is 246 Å². The smallest absolute Gasteiger partial charge is 0.305 e. The lowest BCUT2D eigenvalue weighted by atomic mass is 9.92. The van der Waals surface area contributed by atoms with Crippen molar-refractivity contribution in [3.8, 4) is 0 Å². The molecule has 5 heteroatoms. The summed E-state index contributed by atoms with van der Waals surface area (Å²) in [5.41, 5.74) is 0. The molecule has 1 atom stereocenters. The molecule has 1 fully saturated rings. The number of hydrogen-bond acceptors (Lipinski definition) is 5. The van der Waals surface area contributed by atoms with Crippen LogP contribution in [0.3, 0.4) is 0 Å². The Kier molecular flexibility index (Phi) is 39.2. The molecule has 1 saturated heterocycles. The molecule has 0 aliphatic carbocycles. The summed E-state index contributed by atoms with van der Waals surface area (Å²) in [5, 5.41) is 0. The third-order valence-electron chi connectivity index (χ3n) is 13.1. The third kappa shape index (κ3) is 34.2. The minimum absolute atomic E-state index is 0.0345. The fraction of sp³-hybridized carbons (Fsp3) is 0.980. The van der Waals surface area contributed by atoms with E-state index in [1.165, 1.54) is 232 Å². The van der Waals surface area contributed by atoms with E-state index in [2.05, 4.69) is 44.5 Å². The molecule has 0 amide bonds. The van der Waals surface area contributed by atoms with Crippen LogP contribution in [0.5, 0.6) is 0 Å². The second-order valence-electron chi connectivity index (χ2n) is 18.5. The summed E-state index contributed by atoms with van der Waals surface area (Å²) < 4.78 is 11.8. The lowest BCUT2D eigenvalue weighted by Gasteiger charge is -2.34. The first kappa shape index (κ1) is 53.4. The molecule has 0 aromatic heterocycles. The van der Waals surface area contributed by atoms with Gasteiger partial charge < -0.3 is 19.3 Å². The number of hydrogen-bond donors (Lipinski definition) is 0. The molecule has 0 aromatic rings. The number of ether oxygens (including phenoxy) is 2. The van der Waals surface area contributed by atoms with E-state index in [9.17, 15) is 4.79 Å². The highest BCUT2D eigenvalue weighted by atomic mass is 16.5. The fourth-order valence-corrected chi connectivity index (χ4v) is 9.01. The maximum Gasteiger partial charge on any atom is 0.305 e. The monoisotopic (exact) mass is 791 g/mol. The van der Waals surface area contributed by atoms with Crippen molar-refractivity contribution in [1.82, 2.24) is 9.80 Å². The first-order valence-electron chi connectivity index (χ1n) is 25.7. The predicted octanol–water partition coefficient (Wildman–Crippen LogP) is 15.0. The van der Waals surface area contributed by atoms with Crippen LogP contribution in [0, 0.1) is 17.8 Å². The highest BCUT2D eigenvalue weighted by molar-refractivity contribution is 5.69. The zero-order valence-corrected chi connectivity index (χ0v) is 39.0. The summed E-state index contributed by atoms with van der Waals surface area (Å²) in [6.45, 7) is 18.0. The van der Waals surface area contributed by atoms with Gasteiger partial charge >= 0.3 is 5.97 Å². The number of unbranched alkanes of at least 4 members (excludes halogenated alkanes) is 19. The number of nitrogens with zero attached hydrogens (tertiary/aromatic N) is 2. The van der Waals surface area contributed by atoms with Crippen molar-refractivity contribution in [3.05, 3.63) is 0 Å². The van der Waals surface area contributed by atoms with Gasteiger partial charge in [0.2, 0.25) is 0 Å². The molecule has 0 radical (unpaired) electrons. The van der Waals surface area contributed by atoms with Crippen molar-refractivity contribution in [2.75, 3.05) is 59.6 Å². The molecule has 1 heterocycles. The highest BCUT2D eigenvalue weighted by Gasteiger charge is 2.18. The van der Waals surface area contributed by atoms with Gasteiger partial charge in [-0.3, -0.25) is 4.79 Å². The molecule has 5 nitrogen and oxygen atoms in total. The average Bonchev–Trinajstić information content (AvgIpc) is 3.19. The standard InChI is InChI=1S/C51H102N2O3/c1-6-10-23-31-48(32-24-11-7-2)38-45-55-44-30-22-18-14-15-19-27-35-50(47-53-42-40-52(5)41-43-53)36-28-20-16-17-21-29-37-51(54)56-46-39-49(33-25-12-8-3)34-26-13-9-4/h48-50H,6-47H2,1-5H3. The van der Waals surface area contributed by atoms with E-state index in [-0.39, 0.29) is 5.97 Å². The Bertz CT molecular complexity index is 780. The molecular weight excluding hydrogens is 689 g/mol. The van der Waals surface area contributed by atoms with Gasteiger partial charge in [-0.15, -0.1) is 0 Å². The number of carbonyl (C=O) groups excluding carboxylic acids is 1. The van der Waals surface area contributed by atoms with Crippen LogP contribution in [0.15, 0.2) is 0 Å². The summed E-state index contributed by atoms with van der Waals surface area (Å²) in [6.07, 6.45) is 44.4. The first-order chi connectivity index (χ1) is 27.5. The van der Waals surface area contributed by atoms with Crippen LogP contribution in [-0.4, -0.2) is 75.4 Å². The Balaban J connectivity index is 2.16. The van der Waals surface area contributed by atoms with Gasteiger partial charge in [0, 0.05) is 52.4 Å². The second kappa shape index (κ2) is 41.1. The molecule has 1 aliphatic rings. The number of rotatable bonds is 43. The first-order valence-corrected chi connectivity index (χ1v) is 25.7. The summed E-state index contributed by atoms with van der Waals surface area (Å²) in [5.74, 6) is 2.52. The Hall–Kier alpha value is -0.650. The Morgan fingerprint density at radius 3 is 1.30 bits per heavy atom. The maximum atomic E-state index is 12.4. The van der Waals surface area contributed by atoms with Gasteiger partial charge in [0.1, 0.15) is 0 Å². The molecular formula is C51H102N2O3. The van der Waals surface area contributed by atoms with Crippen molar-refractivity contribution in [3.63, 3.8) is 0 Å². The van der Waals surface area contributed by atoms with Gasteiger partial charge in [0.15, 0.2) is 0 Å². The van der Waals surface area contributed by atoms with Crippen LogP contribution in [0.1, 0.15) is 246 Å². The van der Waals surface area contributed by atoms with Gasteiger partial charge in [-0.25, -0.2) is 0 Å². The minimum atomic E-state index is 0.0345. The quantitative estimate of drug-likeness (QED) is 0.0454. The summed E-state index contributed by atoms with van der Waals surface area (Å²) >= 11 is 0. The predicted molar refractivity (Wildman–Crippen MR) is 246 cm³/mol. The van der Waals surface area contributed by atoms with E-state index in [0.29, 0.717) is 13.0 Å². The number of carbonyl (C=O) groups is 1. The van der Waals surface area contributed by atoms with Gasteiger partial charge in [-0.1, -0.05) is 201 Å². The molecule has 1 unspecified atom stereocenters. The van der Waals surface area contributed by atoms with Crippen LogP contribution in [0.2, 0.25) is 0 Å². The number of esters is 1. The van der Waals surface area contributed by atoms with E-state index >= 15 is 0 Å². The topological polar surface area (TPSA) is 42.0 Å². The lowest BCUT2D eigenvalue weighted by Crippen LogP contribution is -2.46. The summed E-state index contributed by atoms with van der Waals surface area (Å²) in [4.78, 5) is 17.6. The van der Waals surface area contributed by atoms with Crippen LogP contribution in [0.4, 0.5) is 0 Å². The van der Waals surface area contributed by atoms with Gasteiger partial charge in [0.05, 0.1) is 6.61 Å². The molecule has 56 heavy (non-hydrogen) atoms.